The molecular formula is C25H28F3N3O6S. The van der Waals surface area contributed by atoms with E-state index in [2.05, 4.69) is 15.4 Å². The van der Waals surface area contributed by atoms with Gasteiger partial charge in [-0.1, -0.05) is 12.1 Å². The molecule has 0 saturated heterocycles. The summed E-state index contributed by atoms with van der Waals surface area (Å²) in [5.41, 5.74) is -1.75. The maximum Gasteiger partial charge on any atom is 0.427 e. The van der Waals surface area contributed by atoms with Crippen molar-refractivity contribution < 1.29 is 40.7 Å². The number of ether oxygens (including phenoxy) is 2. The third kappa shape index (κ3) is 5.98. The molecule has 0 aromatic heterocycles. The lowest BCUT2D eigenvalue weighted by molar-refractivity contribution is -0.242. The largest absolute Gasteiger partial charge is 0.484 e. The van der Waals surface area contributed by atoms with Crippen molar-refractivity contribution in [3.8, 4) is 5.75 Å². The number of hydrogen-bond acceptors (Lipinski definition) is 6. The zero-order chi connectivity index (χ0) is 27.9. The van der Waals surface area contributed by atoms with Gasteiger partial charge in [0.1, 0.15) is 11.9 Å². The zero-order valence-electron chi connectivity index (χ0n) is 21.0. The van der Waals surface area contributed by atoms with Crippen LogP contribution in [0.15, 0.2) is 47.4 Å². The summed E-state index contributed by atoms with van der Waals surface area (Å²) in [4.78, 5) is 23.7. The number of rotatable bonds is 7. The molecule has 1 heterocycles. The summed E-state index contributed by atoms with van der Waals surface area (Å²) >= 11 is 0. The number of sulfonamides is 1. The second-order valence-electron chi connectivity index (χ2n) is 9.76. The molecule has 9 nitrogen and oxygen atoms in total. The third-order valence-electron chi connectivity index (χ3n) is 6.24. The van der Waals surface area contributed by atoms with Crippen LogP contribution in [0.5, 0.6) is 5.75 Å². The standard InChI is InChI=1S/C25H28F3N3O6S/c1-15(32)29-13-19-14-31(38(34,35)20-6-4-5-17(11-20)16-7-8-16)21-12-18(9-10-22(21)36-19)30-23(33)37-24(2,3)25(26,27)28/h4-6,9-12,16,19H,7-8,13-14H2,1-3H3,(H,29,32)(H,30,33). The number of halogens is 3. The topological polar surface area (TPSA) is 114 Å². The number of nitrogens with one attached hydrogen (secondary N) is 2. The first-order valence-corrected chi connectivity index (χ1v) is 13.4. The molecule has 206 valence electrons. The summed E-state index contributed by atoms with van der Waals surface area (Å²) in [6.45, 7) is 2.64. The molecule has 2 aromatic carbocycles. The van der Waals surface area contributed by atoms with Crippen molar-refractivity contribution in [1.29, 1.82) is 0 Å². The highest BCUT2D eigenvalue weighted by molar-refractivity contribution is 7.92. The van der Waals surface area contributed by atoms with Gasteiger partial charge >= 0.3 is 12.3 Å². The van der Waals surface area contributed by atoms with Crippen LogP contribution in [0.1, 0.15) is 45.1 Å². The Kier molecular flexibility index (Phi) is 7.26. The number of benzene rings is 2. The lowest BCUT2D eigenvalue weighted by Gasteiger charge is -2.36. The van der Waals surface area contributed by atoms with Crippen LogP contribution in [-0.2, 0) is 19.6 Å². The van der Waals surface area contributed by atoms with Gasteiger partial charge in [0.15, 0.2) is 0 Å². The molecule has 1 aliphatic carbocycles. The molecule has 2 amide bonds. The van der Waals surface area contributed by atoms with Crippen LogP contribution >= 0.6 is 0 Å². The summed E-state index contributed by atoms with van der Waals surface area (Å²) in [7, 11) is -4.12. The molecule has 2 aliphatic rings. The monoisotopic (exact) mass is 555 g/mol. The number of alkyl halides is 3. The normalized spacial score (nSPS) is 17.7. The van der Waals surface area contributed by atoms with E-state index in [9.17, 15) is 31.2 Å². The molecular weight excluding hydrogens is 527 g/mol. The second-order valence-corrected chi connectivity index (χ2v) is 11.6. The Balaban J connectivity index is 1.66. The number of anilines is 2. The molecule has 1 atom stereocenters. The van der Waals surface area contributed by atoms with E-state index in [4.69, 9.17) is 4.74 Å². The molecule has 1 unspecified atom stereocenters. The fraction of sp³-hybridized carbons (Fsp3) is 0.440. The quantitative estimate of drug-likeness (QED) is 0.519. The predicted molar refractivity (Wildman–Crippen MR) is 133 cm³/mol. The fourth-order valence-electron chi connectivity index (χ4n) is 3.89. The minimum absolute atomic E-state index is 0.00238. The summed E-state index contributed by atoms with van der Waals surface area (Å²) in [6, 6.07) is 10.7. The molecule has 1 fully saturated rings. The van der Waals surface area contributed by atoms with Crippen LogP contribution in [0.4, 0.5) is 29.3 Å². The molecule has 0 bridgehead atoms. The SMILES string of the molecule is CC(=O)NCC1CN(S(=O)(=O)c2cccc(C3CC3)c2)c2cc(NC(=O)OC(C)(C)C(F)(F)F)ccc2O1. The lowest BCUT2D eigenvalue weighted by atomic mass is 10.1. The Morgan fingerprint density at radius 2 is 1.84 bits per heavy atom. The van der Waals surface area contributed by atoms with Crippen molar-refractivity contribution in [3.05, 3.63) is 48.0 Å². The number of carbonyl (C=O) groups excluding carboxylic acids is 2. The minimum Gasteiger partial charge on any atom is -0.484 e. The van der Waals surface area contributed by atoms with Crippen LogP contribution < -0.4 is 19.7 Å². The van der Waals surface area contributed by atoms with Gasteiger partial charge in [-0.15, -0.1) is 0 Å². The van der Waals surface area contributed by atoms with E-state index in [1.54, 1.807) is 12.1 Å². The molecule has 1 saturated carbocycles. The summed E-state index contributed by atoms with van der Waals surface area (Å²) in [5, 5.41) is 4.83. The van der Waals surface area contributed by atoms with E-state index in [0.717, 1.165) is 22.7 Å². The van der Waals surface area contributed by atoms with Gasteiger partial charge in [0.2, 0.25) is 11.5 Å². The van der Waals surface area contributed by atoms with Gasteiger partial charge in [-0.25, -0.2) is 13.2 Å². The number of nitrogens with zero attached hydrogens (tertiary/aromatic N) is 1. The Labute approximate surface area is 218 Å². The van der Waals surface area contributed by atoms with Crippen LogP contribution in [-0.4, -0.2) is 51.4 Å². The molecule has 1 aliphatic heterocycles. The lowest BCUT2D eigenvalue weighted by Crippen LogP contribution is -2.48. The number of hydrogen-bond donors (Lipinski definition) is 2. The van der Waals surface area contributed by atoms with Crippen molar-refractivity contribution in [2.45, 2.75) is 62.3 Å². The zero-order valence-corrected chi connectivity index (χ0v) is 21.8. The molecule has 0 radical (unpaired) electrons. The van der Waals surface area contributed by atoms with E-state index >= 15 is 0 Å². The van der Waals surface area contributed by atoms with Crippen molar-refractivity contribution in [2.24, 2.45) is 0 Å². The van der Waals surface area contributed by atoms with Crippen LogP contribution in [0, 0.1) is 0 Å². The molecule has 13 heteroatoms. The van der Waals surface area contributed by atoms with Crippen molar-refractivity contribution in [2.75, 3.05) is 22.7 Å². The first kappa shape index (κ1) is 27.6. The van der Waals surface area contributed by atoms with Crippen molar-refractivity contribution in [3.63, 3.8) is 0 Å². The average Bonchev–Trinajstić information content (AvgIpc) is 3.67. The second kappa shape index (κ2) is 10.0. The Morgan fingerprint density at radius 3 is 2.47 bits per heavy atom. The van der Waals surface area contributed by atoms with Gasteiger partial charge in [0, 0.05) is 12.6 Å². The van der Waals surface area contributed by atoms with Crippen LogP contribution in [0.2, 0.25) is 0 Å². The molecule has 4 rings (SSSR count). The smallest absolute Gasteiger partial charge is 0.427 e. The third-order valence-corrected chi connectivity index (χ3v) is 8.02. The van der Waals surface area contributed by atoms with Gasteiger partial charge in [-0.3, -0.25) is 14.4 Å². The average molecular weight is 556 g/mol. The highest BCUT2D eigenvalue weighted by Crippen LogP contribution is 2.42. The molecule has 38 heavy (non-hydrogen) atoms. The fourth-order valence-corrected chi connectivity index (χ4v) is 5.44. The van der Waals surface area contributed by atoms with E-state index in [1.165, 1.54) is 31.2 Å². The number of fused-ring (bicyclic) bond motifs is 1. The van der Waals surface area contributed by atoms with Crippen LogP contribution in [0.3, 0.4) is 0 Å². The Morgan fingerprint density at radius 1 is 1.13 bits per heavy atom. The van der Waals surface area contributed by atoms with E-state index < -0.39 is 34.0 Å². The van der Waals surface area contributed by atoms with E-state index in [0.29, 0.717) is 19.8 Å². The number of amides is 2. The maximum atomic E-state index is 13.8. The summed E-state index contributed by atoms with van der Waals surface area (Å²) in [6.07, 6.45) is -4.91. The van der Waals surface area contributed by atoms with Crippen molar-refractivity contribution in [1.82, 2.24) is 5.32 Å². The molecule has 0 spiro atoms. The maximum absolute atomic E-state index is 13.8. The Bertz CT molecular complexity index is 1340. The summed E-state index contributed by atoms with van der Waals surface area (Å²) in [5.74, 6) is 0.159. The van der Waals surface area contributed by atoms with Crippen LogP contribution in [0.25, 0.3) is 0 Å². The molecule has 2 N–H and O–H groups in total. The van der Waals surface area contributed by atoms with Gasteiger partial charge in [0.25, 0.3) is 10.0 Å². The van der Waals surface area contributed by atoms with E-state index in [1.807, 2.05) is 6.07 Å². The van der Waals surface area contributed by atoms with Gasteiger partial charge < -0.3 is 14.8 Å². The highest BCUT2D eigenvalue weighted by Gasteiger charge is 2.51. The first-order valence-electron chi connectivity index (χ1n) is 11.9. The van der Waals surface area contributed by atoms with E-state index in [-0.39, 0.29) is 41.0 Å². The van der Waals surface area contributed by atoms with Gasteiger partial charge in [-0.2, -0.15) is 13.2 Å². The summed E-state index contributed by atoms with van der Waals surface area (Å²) < 4.78 is 78.5. The van der Waals surface area contributed by atoms with Gasteiger partial charge in [-0.05, 0) is 68.5 Å². The minimum atomic E-state index is -4.79. The Hall–Kier alpha value is -3.48. The number of carbonyl (C=O) groups is 2. The first-order chi connectivity index (χ1) is 17.7. The predicted octanol–water partition coefficient (Wildman–Crippen LogP) is 4.55. The van der Waals surface area contributed by atoms with Gasteiger partial charge in [0.05, 0.1) is 23.7 Å². The van der Waals surface area contributed by atoms with Crippen molar-refractivity contribution >= 4 is 33.4 Å². The molecule has 2 aromatic rings. The highest BCUT2D eigenvalue weighted by atomic mass is 32.2.